The van der Waals surface area contributed by atoms with Crippen molar-refractivity contribution in [1.82, 2.24) is 4.90 Å². The van der Waals surface area contributed by atoms with Crippen molar-refractivity contribution < 1.29 is 14.3 Å². The van der Waals surface area contributed by atoms with Gasteiger partial charge in [-0.1, -0.05) is 6.07 Å². The van der Waals surface area contributed by atoms with Gasteiger partial charge in [0.25, 0.3) is 0 Å². The van der Waals surface area contributed by atoms with Gasteiger partial charge in [0.15, 0.2) is 0 Å². The quantitative estimate of drug-likeness (QED) is 0.604. The van der Waals surface area contributed by atoms with E-state index in [2.05, 4.69) is 41.8 Å². The van der Waals surface area contributed by atoms with Crippen LogP contribution in [0.2, 0.25) is 0 Å². The molecule has 0 amide bonds. The van der Waals surface area contributed by atoms with E-state index < -0.39 is 0 Å². The maximum Gasteiger partial charge on any atom is 0.311 e. The first kappa shape index (κ1) is 22.6. The molecule has 3 heterocycles. The molecule has 3 aliphatic heterocycles. The smallest absolute Gasteiger partial charge is 0.311 e. The number of carbonyl (C=O) groups is 1. The summed E-state index contributed by atoms with van der Waals surface area (Å²) in [7, 11) is 1.51. The van der Waals surface area contributed by atoms with Gasteiger partial charge in [-0.25, -0.2) is 0 Å². The maximum absolute atomic E-state index is 12.4. The Hall–Kier alpha value is -1.59. The van der Waals surface area contributed by atoms with E-state index in [0.29, 0.717) is 19.3 Å². The van der Waals surface area contributed by atoms with Gasteiger partial charge in [-0.3, -0.25) is 9.69 Å². The minimum atomic E-state index is -0.349. The fourth-order valence-corrected chi connectivity index (χ4v) is 6.05. The molecule has 5 nitrogen and oxygen atoms in total. The highest BCUT2D eigenvalue weighted by molar-refractivity contribution is 5.76. The number of methoxy groups -OCH3 is 1. The number of ether oxygens (including phenoxy) is 2. The number of hydrogen-bond acceptors (Lipinski definition) is 5. The zero-order chi connectivity index (χ0) is 21.8. The largest absolute Gasteiger partial charge is 0.469 e. The average Bonchev–Trinajstić information content (AvgIpc) is 3.44. The Morgan fingerprint density at radius 3 is 2.71 bits per heavy atom. The number of aryl methyl sites for hydroxylation is 2. The van der Waals surface area contributed by atoms with Crippen LogP contribution in [0.4, 0.5) is 5.69 Å². The molecule has 3 saturated heterocycles. The van der Waals surface area contributed by atoms with Crippen molar-refractivity contribution in [2.24, 2.45) is 5.41 Å². The standard InChI is InChI=1S/C26H40N2O3/c1-20-18-23(27-15-10-24(19-27)28-14-5-6-21(28)2)9-8-22(20)7-4-11-26(25(29)30-3)12-16-31-17-13-26/h8-9,18,21,24H,4-7,10-17,19H2,1-3H3/t21-,24-/m0/s1. The summed E-state index contributed by atoms with van der Waals surface area (Å²) in [5, 5.41) is 0. The summed E-state index contributed by atoms with van der Waals surface area (Å²) in [6, 6.07) is 8.45. The lowest BCUT2D eigenvalue weighted by atomic mass is 9.75. The Labute approximate surface area is 188 Å². The average molecular weight is 429 g/mol. The van der Waals surface area contributed by atoms with E-state index >= 15 is 0 Å². The number of carbonyl (C=O) groups excluding carboxylic acids is 1. The molecule has 172 valence electrons. The van der Waals surface area contributed by atoms with Crippen LogP contribution in [0, 0.1) is 12.3 Å². The molecular weight excluding hydrogens is 388 g/mol. The lowest BCUT2D eigenvalue weighted by Crippen LogP contribution is -2.39. The fraction of sp³-hybridized carbons (Fsp3) is 0.731. The monoisotopic (exact) mass is 428 g/mol. The van der Waals surface area contributed by atoms with Crippen LogP contribution in [0.3, 0.4) is 0 Å². The van der Waals surface area contributed by atoms with Crippen molar-refractivity contribution in [2.45, 2.75) is 77.3 Å². The van der Waals surface area contributed by atoms with Crippen LogP contribution in [0.1, 0.15) is 63.0 Å². The Morgan fingerprint density at radius 1 is 1.23 bits per heavy atom. The summed E-state index contributed by atoms with van der Waals surface area (Å²) in [6.07, 6.45) is 8.46. The van der Waals surface area contributed by atoms with E-state index in [9.17, 15) is 4.79 Å². The highest BCUT2D eigenvalue weighted by atomic mass is 16.5. The number of likely N-dealkylation sites (tertiary alicyclic amines) is 1. The molecule has 1 aromatic carbocycles. The summed E-state index contributed by atoms with van der Waals surface area (Å²) < 4.78 is 10.6. The van der Waals surface area contributed by atoms with Gasteiger partial charge in [0.05, 0.1) is 12.5 Å². The van der Waals surface area contributed by atoms with Gasteiger partial charge in [0.2, 0.25) is 0 Å². The van der Waals surface area contributed by atoms with Crippen molar-refractivity contribution in [3.8, 4) is 0 Å². The number of hydrogen-bond donors (Lipinski definition) is 0. The van der Waals surface area contributed by atoms with Crippen LogP contribution in [0.15, 0.2) is 18.2 Å². The molecule has 2 atom stereocenters. The van der Waals surface area contributed by atoms with Crippen LogP contribution in [-0.4, -0.2) is 62.9 Å². The normalized spacial score (nSPS) is 26.4. The third-order valence-corrected chi connectivity index (χ3v) is 8.10. The van der Waals surface area contributed by atoms with Crippen molar-refractivity contribution in [1.29, 1.82) is 0 Å². The molecule has 3 aliphatic rings. The minimum Gasteiger partial charge on any atom is -0.469 e. The van der Waals surface area contributed by atoms with E-state index in [1.807, 2.05) is 0 Å². The van der Waals surface area contributed by atoms with Crippen LogP contribution in [-0.2, 0) is 20.7 Å². The van der Waals surface area contributed by atoms with Crippen molar-refractivity contribution >= 4 is 11.7 Å². The molecule has 3 fully saturated rings. The molecule has 0 bridgehead atoms. The molecular formula is C26H40N2O3. The predicted molar refractivity (Wildman–Crippen MR) is 125 cm³/mol. The summed E-state index contributed by atoms with van der Waals surface area (Å²) in [4.78, 5) is 17.7. The molecule has 31 heavy (non-hydrogen) atoms. The Morgan fingerprint density at radius 2 is 2.03 bits per heavy atom. The van der Waals surface area contributed by atoms with E-state index in [1.165, 1.54) is 49.7 Å². The van der Waals surface area contributed by atoms with Crippen molar-refractivity contribution in [3.05, 3.63) is 29.3 Å². The zero-order valence-corrected chi connectivity index (χ0v) is 19.7. The highest BCUT2D eigenvalue weighted by Gasteiger charge is 2.40. The van der Waals surface area contributed by atoms with E-state index in [0.717, 1.165) is 51.2 Å². The van der Waals surface area contributed by atoms with Gasteiger partial charge < -0.3 is 14.4 Å². The number of nitrogens with zero attached hydrogens (tertiary/aromatic N) is 2. The van der Waals surface area contributed by atoms with Gasteiger partial charge >= 0.3 is 5.97 Å². The van der Waals surface area contributed by atoms with Crippen molar-refractivity contribution in [3.63, 3.8) is 0 Å². The second kappa shape index (κ2) is 9.91. The summed E-state index contributed by atoms with van der Waals surface area (Å²) in [5.74, 6) is -0.0567. The van der Waals surface area contributed by atoms with Crippen LogP contribution < -0.4 is 4.90 Å². The maximum atomic E-state index is 12.4. The molecule has 0 aromatic heterocycles. The number of rotatable bonds is 7. The Bertz CT molecular complexity index is 759. The summed E-state index contributed by atoms with van der Waals surface area (Å²) in [5.41, 5.74) is 3.79. The van der Waals surface area contributed by atoms with Crippen LogP contribution >= 0.6 is 0 Å². The first-order valence-corrected chi connectivity index (χ1v) is 12.3. The van der Waals surface area contributed by atoms with Gasteiger partial charge in [0.1, 0.15) is 0 Å². The highest BCUT2D eigenvalue weighted by Crippen LogP contribution is 2.37. The third kappa shape index (κ3) is 4.93. The summed E-state index contributed by atoms with van der Waals surface area (Å²) >= 11 is 0. The summed E-state index contributed by atoms with van der Waals surface area (Å²) in [6.45, 7) is 9.55. The molecule has 4 rings (SSSR count). The zero-order valence-electron chi connectivity index (χ0n) is 19.7. The topological polar surface area (TPSA) is 42.0 Å². The Kier molecular flexibility index (Phi) is 7.22. The van der Waals surface area contributed by atoms with E-state index in [4.69, 9.17) is 9.47 Å². The van der Waals surface area contributed by atoms with E-state index in [-0.39, 0.29) is 11.4 Å². The molecule has 1 aromatic rings. The lowest BCUT2D eigenvalue weighted by molar-refractivity contribution is -0.159. The second-order valence-electron chi connectivity index (χ2n) is 9.97. The minimum absolute atomic E-state index is 0.0567. The third-order valence-electron chi connectivity index (χ3n) is 8.10. The molecule has 0 aliphatic carbocycles. The van der Waals surface area contributed by atoms with E-state index in [1.54, 1.807) is 0 Å². The molecule has 0 N–H and O–H groups in total. The first-order chi connectivity index (χ1) is 15.0. The van der Waals surface area contributed by atoms with Crippen LogP contribution in [0.25, 0.3) is 0 Å². The molecule has 5 heteroatoms. The van der Waals surface area contributed by atoms with Crippen LogP contribution in [0.5, 0.6) is 0 Å². The molecule has 0 spiro atoms. The number of esters is 1. The van der Waals surface area contributed by atoms with Gasteiger partial charge in [-0.05, 0) is 95.0 Å². The number of anilines is 1. The van der Waals surface area contributed by atoms with Gasteiger partial charge in [-0.2, -0.15) is 0 Å². The fourth-order valence-electron chi connectivity index (χ4n) is 6.05. The molecule has 0 radical (unpaired) electrons. The molecule has 0 saturated carbocycles. The first-order valence-electron chi connectivity index (χ1n) is 12.3. The Balaban J connectivity index is 1.33. The predicted octanol–water partition coefficient (Wildman–Crippen LogP) is 4.35. The number of benzene rings is 1. The molecule has 0 unspecified atom stereocenters. The second-order valence-corrected chi connectivity index (χ2v) is 9.97. The SMILES string of the molecule is COC(=O)C1(CCCc2ccc(N3CC[C@H](N4CCC[C@@H]4C)C3)cc2C)CCOCC1. The lowest BCUT2D eigenvalue weighted by Gasteiger charge is -2.34. The van der Waals surface area contributed by atoms with Crippen molar-refractivity contribution in [2.75, 3.05) is 44.9 Å². The van der Waals surface area contributed by atoms with Gasteiger partial charge in [0, 0.05) is 44.1 Å². The van der Waals surface area contributed by atoms with Gasteiger partial charge in [-0.15, -0.1) is 0 Å².